The van der Waals surface area contributed by atoms with Gasteiger partial charge in [0.1, 0.15) is 5.00 Å². The molecule has 0 saturated heterocycles. The Labute approximate surface area is 64.7 Å². The van der Waals surface area contributed by atoms with Crippen LogP contribution in [0.15, 0.2) is 6.07 Å². The first-order valence-electron chi connectivity index (χ1n) is 2.54. The Morgan fingerprint density at radius 1 is 1.78 bits per heavy atom. The molecule has 0 aromatic carbocycles. The van der Waals surface area contributed by atoms with Crippen LogP contribution < -0.4 is 5.73 Å². The van der Waals surface area contributed by atoms with E-state index in [2.05, 4.69) is 11.3 Å². The zero-order valence-electron chi connectivity index (χ0n) is 5.13. The molecule has 1 rings (SSSR count). The topological polar surface area (TPSA) is 38.9 Å². The van der Waals surface area contributed by atoms with Gasteiger partial charge in [-0.05, 0) is 24.0 Å². The zero-order valence-corrected chi connectivity index (χ0v) is 6.76. The fourth-order valence-electron chi connectivity index (χ4n) is 0.495. The third kappa shape index (κ3) is 2.20. The fourth-order valence-corrected chi connectivity index (χ4v) is 1.09. The van der Waals surface area contributed by atoms with Crippen LogP contribution in [-0.2, 0) is 6.42 Å². The number of hydrogen-bond acceptors (Lipinski definition) is 3. The van der Waals surface area contributed by atoms with Crippen LogP contribution in [0.5, 0.6) is 0 Å². The summed E-state index contributed by atoms with van der Waals surface area (Å²) in [5.74, 6) is 0. The Bertz CT molecular complexity index is 175. The van der Waals surface area contributed by atoms with Crippen LogP contribution in [0.3, 0.4) is 0 Å². The molecular weight excluding hydrogens is 156 g/mol. The number of nitrogen functional groups attached to an aromatic ring is 1. The molecule has 0 atom stereocenters. The van der Waals surface area contributed by atoms with Crippen molar-refractivity contribution in [1.29, 1.82) is 0 Å². The highest BCUT2D eigenvalue weighted by molar-refractivity contribution is 7.09. The summed E-state index contributed by atoms with van der Waals surface area (Å²) in [4.78, 5) is 0. The summed E-state index contributed by atoms with van der Waals surface area (Å²) in [7, 11) is 0. The second-order valence-electron chi connectivity index (χ2n) is 1.57. The largest absolute Gasteiger partial charge is 0.389 e. The number of nitrogens with zero attached hydrogens (tertiary/aromatic N) is 1. The molecule has 4 heteroatoms. The summed E-state index contributed by atoms with van der Waals surface area (Å²) >= 11 is 1.36. The molecule has 0 unspecified atom stereocenters. The van der Waals surface area contributed by atoms with Crippen molar-refractivity contribution in [2.45, 2.75) is 13.3 Å². The predicted octanol–water partition coefficient (Wildman–Crippen LogP) is 1.71. The van der Waals surface area contributed by atoms with Crippen molar-refractivity contribution >= 4 is 28.9 Å². The van der Waals surface area contributed by atoms with Crippen molar-refractivity contribution < 1.29 is 0 Å². The van der Waals surface area contributed by atoms with Gasteiger partial charge >= 0.3 is 0 Å². The molecule has 0 spiro atoms. The summed E-state index contributed by atoms with van der Waals surface area (Å²) in [5, 5.41) is 0.807. The highest BCUT2D eigenvalue weighted by Gasteiger charge is 1.92. The van der Waals surface area contributed by atoms with E-state index >= 15 is 0 Å². The fraction of sp³-hybridized carbons (Fsp3) is 0.400. The van der Waals surface area contributed by atoms with Crippen LogP contribution in [-0.4, -0.2) is 4.37 Å². The zero-order chi connectivity index (χ0) is 5.98. The molecule has 0 saturated carbocycles. The number of aryl methyl sites for hydroxylation is 1. The van der Waals surface area contributed by atoms with E-state index in [0.29, 0.717) is 0 Å². The van der Waals surface area contributed by atoms with Gasteiger partial charge < -0.3 is 5.73 Å². The van der Waals surface area contributed by atoms with E-state index in [4.69, 9.17) is 5.73 Å². The predicted molar refractivity (Wildman–Crippen MR) is 43.2 cm³/mol. The third-order valence-corrected chi connectivity index (χ3v) is 1.59. The molecule has 0 aliphatic heterocycles. The SMILES string of the molecule is CCc1cc(N)sn1.Cl. The minimum atomic E-state index is 0. The van der Waals surface area contributed by atoms with Crippen molar-refractivity contribution in [3.63, 3.8) is 0 Å². The Kier molecular flexibility index (Phi) is 3.58. The van der Waals surface area contributed by atoms with Gasteiger partial charge in [0.15, 0.2) is 0 Å². The number of rotatable bonds is 1. The van der Waals surface area contributed by atoms with Crippen molar-refractivity contribution in [1.82, 2.24) is 4.37 Å². The third-order valence-electron chi connectivity index (χ3n) is 0.939. The monoisotopic (exact) mass is 164 g/mol. The Morgan fingerprint density at radius 3 is 2.67 bits per heavy atom. The first-order valence-corrected chi connectivity index (χ1v) is 3.31. The summed E-state index contributed by atoms with van der Waals surface area (Å²) < 4.78 is 4.05. The van der Waals surface area contributed by atoms with E-state index in [1.54, 1.807) is 0 Å². The van der Waals surface area contributed by atoms with E-state index in [1.807, 2.05) is 6.07 Å². The minimum absolute atomic E-state index is 0. The van der Waals surface area contributed by atoms with Crippen LogP contribution in [0.1, 0.15) is 12.6 Å². The molecule has 2 N–H and O–H groups in total. The second kappa shape index (κ2) is 3.69. The number of aromatic nitrogens is 1. The molecule has 9 heavy (non-hydrogen) atoms. The summed E-state index contributed by atoms with van der Waals surface area (Å²) in [5.41, 5.74) is 6.50. The number of halogens is 1. The maximum atomic E-state index is 5.41. The van der Waals surface area contributed by atoms with E-state index in [0.717, 1.165) is 17.1 Å². The molecular formula is C5H9ClN2S. The lowest BCUT2D eigenvalue weighted by atomic mass is 10.3. The van der Waals surface area contributed by atoms with Gasteiger partial charge in [-0.2, -0.15) is 4.37 Å². The Morgan fingerprint density at radius 2 is 2.44 bits per heavy atom. The van der Waals surface area contributed by atoms with E-state index in [1.165, 1.54) is 11.5 Å². The van der Waals surface area contributed by atoms with Crippen molar-refractivity contribution in [3.05, 3.63) is 11.8 Å². The molecule has 0 radical (unpaired) electrons. The Balaban J connectivity index is 0.000000640. The van der Waals surface area contributed by atoms with Crippen molar-refractivity contribution in [2.75, 3.05) is 5.73 Å². The Hall–Kier alpha value is -0.280. The van der Waals surface area contributed by atoms with Crippen molar-refractivity contribution in [2.24, 2.45) is 0 Å². The first kappa shape index (κ1) is 8.72. The molecule has 1 aromatic rings. The average molecular weight is 165 g/mol. The standard InChI is InChI=1S/C5H8N2S.ClH/c1-2-4-3-5(6)8-7-4;/h3H,2,6H2,1H3;1H. The summed E-state index contributed by atoms with van der Waals surface area (Å²) in [6.45, 7) is 2.06. The van der Waals surface area contributed by atoms with E-state index in [9.17, 15) is 0 Å². The lowest BCUT2D eigenvalue weighted by Gasteiger charge is -1.77. The lowest BCUT2D eigenvalue weighted by Crippen LogP contribution is -1.76. The van der Waals surface area contributed by atoms with Crippen LogP contribution >= 0.6 is 23.9 Å². The van der Waals surface area contributed by atoms with E-state index < -0.39 is 0 Å². The molecule has 1 heterocycles. The highest BCUT2D eigenvalue weighted by Crippen LogP contribution is 2.10. The second-order valence-corrected chi connectivity index (χ2v) is 2.41. The molecule has 1 aromatic heterocycles. The summed E-state index contributed by atoms with van der Waals surface area (Å²) in [6, 6.07) is 1.91. The number of hydrogen-bond donors (Lipinski definition) is 1. The van der Waals surface area contributed by atoms with Gasteiger partial charge in [0.25, 0.3) is 0 Å². The molecule has 2 nitrogen and oxygen atoms in total. The highest BCUT2D eigenvalue weighted by atomic mass is 35.5. The van der Waals surface area contributed by atoms with Crippen LogP contribution in [0, 0.1) is 0 Å². The van der Waals surface area contributed by atoms with Gasteiger partial charge in [-0.3, -0.25) is 0 Å². The van der Waals surface area contributed by atoms with E-state index in [-0.39, 0.29) is 12.4 Å². The molecule has 0 aliphatic carbocycles. The molecule has 52 valence electrons. The minimum Gasteiger partial charge on any atom is -0.389 e. The smallest absolute Gasteiger partial charge is 0.107 e. The molecule has 0 bridgehead atoms. The quantitative estimate of drug-likeness (QED) is 0.687. The maximum Gasteiger partial charge on any atom is 0.107 e. The van der Waals surface area contributed by atoms with Gasteiger partial charge in [0, 0.05) is 0 Å². The van der Waals surface area contributed by atoms with Crippen LogP contribution in [0.4, 0.5) is 5.00 Å². The molecule has 0 amide bonds. The van der Waals surface area contributed by atoms with Crippen molar-refractivity contribution in [3.8, 4) is 0 Å². The number of nitrogens with two attached hydrogens (primary N) is 1. The normalized spacial score (nSPS) is 8.56. The molecule has 0 aliphatic rings. The lowest BCUT2D eigenvalue weighted by molar-refractivity contribution is 1.09. The van der Waals surface area contributed by atoms with Gasteiger partial charge in [0.05, 0.1) is 5.69 Å². The number of anilines is 1. The van der Waals surface area contributed by atoms with Gasteiger partial charge in [-0.1, -0.05) is 6.92 Å². The first-order chi connectivity index (χ1) is 3.83. The van der Waals surface area contributed by atoms with Crippen LogP contribution in [0.2, 0.25) is 0 Å². The van der Waals surface area contributed by atoms with Gasteiger partial charge in [-0.25, -0.2) is 0 Å². The molecule has 0 fully saturated rings. The summed E-state index contributed by atoms with van der Waals surface area (Å²) in [6.07, 6.45) is 0.980. The maximum absolute atomic E-state index is 5.41. The van der Waals surface area contributed by atoms with Crippen LogP contribution in [0.25, 0.3) is 0 Å². The van der Waals surface area contributed by atoms with Gasteiger partial charge in [-0.15, -0.1) is 12.4 Å². The average Bonchev–Trinajstić information content (AvgIpc) is 2.14. The van der Waals surface area contributed by atoms with Gasteiger partial charge in [0.2, 0.25) is 0 Å².